The van der Waals surface area contributed by atoms with E-state index < -0.39 is 0 Å². The number of hydrogen-bond donors (Lipinski definition) is 1. The molecule has 16 heavy (non-hydrogen) atoms. The Hall–Kier alpha value is -1.35. The van der Waals surface area contributed by atoms with Gasteiger partial charge in [-0.2, -0.15) is 0 Å². The Labute approximate surface area is 94.4 Å². The third kappa shape index (κ3) is 2.42. The number of halogens is 1. The van der Waals surface area contributed by atoms with Crippen LogP contribution in [0.3, 0.4) is 0 Å². The van der Waals surface area contributed by atoms with E-state index in [4.69, 9.17) is 4.42 Å². The fourth-order valence-corrected chi connectivity index (χ4v) is 1.65. The quantitative estimate of drug-likeness (QED) is 0.856. The van der Waals surface area contributed by atoms with Crippen LogP contribution in [-0.2, 0) is 6.54 Å². The van der Waals surface area contributed by atoms with Gasteiger partial charge in [0.1, 0.15) is 5.76 Å². The van der Waals surface area contributed by atoms with E-state index in [9.17, 15) is 4.39 Å². The summed E-state index contributed by atoms with van der Waals surface area (Å²) in [6, 6.07) is 6.84. The van der Waals surface area contributed by atoms with Crippen molar-refractivity contribution in [1.29, 1.82) is 0 Å². The molecule has 0 fully saturated rings. The number of benzene rings is 1. The Bertz CT molecular complexity index is 476. The first-order chi connectivity index (χ1) is 7.66. The summed E-state index contributed by atoms with van der Waals surface area (Å²) < 4.78 is 18.8. The van der Waals surface area contributed by atoms with E-state index in [1.54, 1.807) is 6.07 Å². The van der Waals surface area contributed by atoms with Crippen LogP contribution in [0.25, 0.3) is 11.0 Å². The molecular weight excluding hydrogens is 205 g/mol. The van der Waals surface area contributed by atoms with E-state index in [0.29, 0.717) is 18.0 Å². The molecule has 0 radical (unpaired) electrons. The summed E-state index contributed by atoms with van der Waals surface area (Å²) in [5.74, 6) is 1.08. The molecule has 0 bridgehead atoms. The summed E-state index contributed by atoms with van der Waals surface area (Å²) in [4.78, 5) is 0. The van der Waals surface area contributed by atoms with Gasteiger partial charge in [-0.1, -0.05) is 26.0 Å². The van der Waals surface area contributed by atoms with E-state index >= 15 is 0 Å². The number of para-hydroxylation sites is 1. The van der Waals surface area contributed by atoms with Gasteiger partial charge >= 0.3 is 0 Å². The van der Waals surface area contributed by atoms with Gasteiger partial charge in [0.15, 0.2) is 11.4 Å². The highest BCUT2D eigenvalue weighted by Crippen LogP contribution is 2.21. The maximum absolute atomic E-state index is 13.3. The van der Waals surface area contributed by atoms with E-state index in [1.165, 1.54) is 6.07 Å². The van der Waals surface area contributed by atoms with Crippen LogP contribution in [0.4, 0.5) is 4.39 Å². The topological polar surface area (TPSA) is 25.2 Å². The van der Waals surface area contributed by atoms with Crippen molar-refractivity contribution in [3.05, 3.63) is 35.8 Å². The zero-order valence-electron chi connectivity index (χ0n) is 9.59. The van der Waals surface area contributed by atoms with Gasteiger partial charge in [-0.25, -0.2) is 4.39 Å². The van der Waals surface area contributed by atoms with Crippen molar-refractivity contribution in [3.63, 3.8) is 0 Å². The van der Waals surface area contributed by atoms with Crippen LogP contribution in [0.15, 0.2) is 28.7 Å². The summed E-state index contributed by atoms with van der Waals surface area (Å²) in [5, 5.41) is 4.09. The summed E-state index contributed by atoms with van der Waals surface area (Å²) in [7, 11) is 0. The molecule has 0 aliphatic rings. The SMILES string of the molecule is CC(C)CNCc1cc2cccc(F)c2o1. The smallest absolute Gasteiger partial charge is 0.169 e. The molecule has 0 aliphatic heterocycles. The molecule has 2 nitrogen and oxygen atoms in total. The predicted octanol–water partition coefficient (Wildman–Crippen LogP) is 3.32. The molecule has 0 unspecified atom stereocenters. The van der Waals surface area contributed by atoms with Gasteiger partial charge in [-0.05, 0) is 24.6 Å². The highest BCUT2D eigenvalue weighted by Gasteiger charge is 2.07. The number of nitrogens with one attached hydrogen (secondary N) is 1. The maximum Gasteiger partial charge on any atom is 0.169 e. The summed E-state index contributed by atoms with van der Waals surface area (Å²) in [6.07, 6.45) is 0. The van der Waals surface area contributed by atoms with Crippen LogP contribution >= 0.6 is 0 Å². The van der Waals surface area contributed by atoms with Crippen LogP contribution in [0.1, 0.15) is 19.6 Å². The van der Waals surface area contributed by atoms with Crippen molar-refractivity contribution in [2.24, 2.45) is 5.92 Å². The van der Waals surface area contributed by atoms with Crippen molar-refractivity contribution in [2.45, 2.75) is 20.4 Å². The van der Waals surface area contributed by atoms with Crippen LogP contribution in [0.5, 0.6) is 0 Å². The lowest BCUT2D eigenvalue weighted by Crippen LogP contribution is -2.18. The Morgan fingerprint density at radius 3 is 2.88 bits per heavy atom. The zero-order valence-corrected chi connectivity index (χ0v) is 9.59. The molecule has 0 amide bonds. The van der Waals surface area contributed by atoms with Crippen molar-refractivity contribution in [2.75, 3.05) is 6.54 Å². The van der Waals surface area contributed by atoms with Gasteiger partial charge in [-0.3, -0.25) is 0 Å². The second-order valence-electron chi connectivity index (χ2n) is 4.40. The summed E-state index contributed by atoms with van der Waals surface area (Å²) in [6.45, 7) is 5.86. The standard InChI is InChI=1S/C13H16FNO/c1-9(2)7-15-8-11-6-10-4-3-5-12(14)13(10)16-11/h3-6,9,15H,7-8H2,1-2H3. The molecule has 1 aromatic heterocycles. The van der Waals surface area contributed by atoms with Gasteiger partial charge in [0, 0.05) is 5.39 Å². The van der Waals surface area contributed by atoms with Gasteiger partial charge in [-0.15, -0.1) is 0 Å². The largest absolute Gasteiger partial charge is 0.457 e. The molecule has 1 aromatic carbocycles. The average Bonchev–Trinajstić information content (AvgIpc) is 2.61. The third-order valence-corrected chi connectivity index (χ3v) is 2.40. The minimum absolute atomic E-state index is 0.299. The highest BCUT2D eigenvalue weighted by molar-refractivity contribution is 5.78. The predicted molar refractivity (Wildman–Crippen MR) is 62.7 cm³/mol. The molecule has 0 saturated heterocycles. The average molecular weight is 221 g/mol. The normalized spacial score (nSPS) is 11.5. The van der Waals surface area contributed by atoms with Crippen molar-refractivity contribution in [3.8, 4) is 0 Å². The van der Waals surface area contributed by atoms with Crippen LogP contribution in [0.2, 0.25) is 0 Å². The molecule has 0 spiro atoms. The number of furan rings is 1. The Kier molecular flexibility index (Phi) is 3.25. The second kappa shape index (κ2) is 4.66. The van der Waals surface area contributed by atoms with E-state index in [0.717, 1.165) is 17.7 Å². The van der Waals surface area contributed by atoms with Crippen molar-refractivity contribution < 1.29 is 8.81 Å². The van der Waals surface area contributed by atoms with E-state index in [1.807, 2.05) is 12.1 Å². The summed E-state index contributed by atoms with van der Waals surface area (Å²) >= 11 is 0. The van der Waals surface area contributed by atoms with E-state index in [-0.39, 0.29) is 5.82 Å². The molecule has 2 aromatic rings. The minimum Gasteiger partial charge on any atom is -0.457 e. The molecule has 0 saturated carbocycles. The first-order valence-electron chi connectivity index (χ1n) is 5.54. The monoisotopic (exact) mass is 221 g/mol. The Morgan fingerprint density at radius 2 is 2.19 bits per heavy atom. The molecule has 0 atom stereocenters. The van der Waals surface area contributed by atoms with Crippen LogP contribution < -0.4 is 5.32 Å². The lowest BCUT2D eigenvalue weighted by atomic mass is 10.2. The van der Waals surface area contributed by atoms with E-state index in [2.05, 4.69) is 19.2 Å². The fraction of sp³-hybridized carbons (Fsp3) is 0.385. The van der Waals surface area contributed by atoms with Crippen LogP contribution in [0, 0.1) is 11.7 Å². The fourth-order valence-electron chi connectivity index (χ4n) is 1.65. The molecule has 3 heteroatoms. The van der Waals surface area contributed by atoms with Gasteiger partial charge in [0.25, 0.3) is 0 Å². The van der Waals surface area contributed by atoms with Gasteiger partial charge in [0.2, 0.25) is 0 Å². The number of rotatable bonds is 4. The molecule has 1 N–H and O–H groups in total. The number of hydrogen-bond acceptors (Lipinski definition) is 2. The lowest BCUT2D eigenvalue weighted by Gasteiger charge is -2.04. The Morgan fingerprint density at radius 1 is 1.38 bits per heavy atom. The van der Waals surface area contributed by atoms with Gasteiger partial charge < -0.3 is 9.73 Å². The molecule has 86 valence electrons. The number of fused-ring (bicyclic) bond motifs is 1. The lowest BCUT2D eigenvalue weighted by molar-refractivity contribution is 0.475. The van der Waals surface area contributed by atoms with Gasteiger partial charge in [0.05, 0.1) is 6.54 Å². The first kappa shape index (κ1) is 11.1. The van der Waals surface area contributed by atoms with Crippen molar-refractivity contribution >= 4 is 11.0 Å². The highest BCUT2D eigenvalue weighted by atomic mass is 19.1. The third-order valence-electron chi connectivity index (χ3n) is 2.40. The molecular formula is C13H16FNO. The summed E-state index contributed by atoms with van der Waals surface area (Å²) in [5.41, 5.74) is 0.351. The van der Waals surface area contributed by atoms with Crippen molar-refractivity contribution in [1.82, 2.24) is 5.32 Å². The second-order valence-corrected chi connectivity index (χ2v) is 4.40. The van der Waals surface area contributed by atoms with Crippen LogP contribution in [-0.4, -0.2) is 6.54 Å². The first-order valence-corrected chi connectivity index (χ1v) is 5.54. The molecule has 0 aliphatic carbocycles. The maximum atomic E-state index is 13.3. The molecule has 2 rings (SSSR count). The zero-order chi connectivity index (χ0) is 11.5. The molecule has 1 heterocycles. The Balaban J connectivity index is 2.11. The minimum atomic E-state index is -0.299.